The number of carbonyl (C=O) groups excluding carboxylic acids is 1. The molecule has 0 bridgehead atoms. The van der Waals surface area contributed by atoms with Crippen molar-refractivity contribution >= 4 is 32.4 Å². The summed E-state index contributed by atoms with van der Waals surface area (Å²) >= 11 is 0. The van der Waals surface area contributed by atoms with Crippen LogP contribution in [0.4, 0.5) is 0 Å². The van der Waals surface area contributed by atoms with Gasteiger partial charge in [0.25, 0.3) is 0 Å². The predicted molar refractivity (Wildman–Crippen MR) is 97.2 cm³/mol. The fraction of sp³-hybridized carbons (Fsp3) is 0.0526. The maximum atomic E-state index is 13.1. The first-order valence-electron chi connectivity index (χ1n) is 7.50. The minimum Gasteiger partial charge on any atom is -0.287 e. The molecule has 0 fully saturated rings. The van der Waals surface area contributed by atoms with Crippen LogP contribution in [-0.2, 0) is 14.4 Å². The van der Waals surface area contributed by atoms with Crippen LogP contribution >= 0.6 is 0 Å². The summed E-state index contributed by atoms with van der Waals surface area (Å²) in [6.45, 7) is 0. The molecule has 0 aliphatic rings. The molecule has 0 atom stereocenters. The molecule has 3 aromatic rings. The summed E-state index contributed by atoms with van der Waals surface area (Å²) < 4.78 is 27.1. The van der Waals surface area contributed by atoms with Crippen LogP contribution in [-0.4, -0.2) is 26.2 Å². The van der Waals surface area contributed by atoms with E-state index in [9.17, 15) is 13.2 Å². The van der Waals surface area contributed by atoms with E-state index in [4.69, 9.17) is 0 Å². The first-order valence-corrected chi connectivity index (χ1v) is 9.32. The van der Waals surface area contributed by atoms with E-state index >= 15 is 0 Å². The Labute approximate surface area is 145 Å². The van der Waals surface area contributed by atoms with Crippen molar-refractivity contribution in [3.05, 3.63) is 83.9 Å². The molecule has 0 radical (unpaired) electrons. The second-order valence-corrected chi connectivity index (χ2v) is 7.00. The van der Waals surface area contributed by atoms with E-state index in [-0.39, 0.29) is 5.71 Å². The molecule has 25 heavy (non-hydrogen) atoms. The smallest absolute Gasteiger partial charge is 0.287 e. The van der Waals surface area contributed by atoms with Gasteiger partial charge in [-0.05, 0) is 10.8 Å². The summed E-state index contributed by atoms with van der Waals surface area (Å²) in [5, 5.41) is 5.30. The van der Waals surface area contributed by atoms with Crippen molar-refractivity contribution in [2.45, 2.75) is 0 Å². The van der Waals surface area contributed by atoms with Gasteiger partial charge in [0.05, 0.1) is 6.26 Å². The van der Waals surface area contributed by atoms with Crippen LogP contribution in [0.5, 0.6) is 0 Å². The van der Waals surface area contributed by atoms with Gasteiger partial charge in [-0.3, -0.25) is 9.08 Å². The van der Waals surface area contributed by atoms with E-state index in [1.807, 2.05) is 30.3 Å². The molecule has 0 spiro atoms. The number of nitrogens with zero attached hydrogens (tertiary/aromatic N) is 1. The molecule has 3 aromatic carbocycles. The monoisotopic (exact) mass is 353 g/mol. The lowest BCUT2D eigenvalue weighted by Gasteiger charge is -2.08. The van der Waals surface area contributed by atoms with E-state index in [2.05, 4.69) is 9.44 Å². The quantitative estimate of drug-likeness (QED) is 0.400. The van der Waals surface area contributed by atoms with Gasteiger partial charge < -0.3 is 0 Å². The van der Waals surface area contributed by atoms with Crippen LogP contribution in [0.2, 0.25) is 0 Å². The highest BCUT2D eigenvalue weighted by atomic mass is 32.2. The zero-order valence-corrected chi connectivity index (χ0v) is 14.2. The molecule has 0 heterocycles. The van der Waals surface area contributed by atoms with Crippen molar-refractivity contribution in [1.82, 2.24) is 0 Å². The number of Topliss-reactive ketones (excluding diaryl/α,β-unsaturated/α-hetero) is 1. The second-order valence-electron chi connectivity index (χ2n) is 5.44. The predicted octanol–water partition coefficient (Wildman–Crippen LogP) is 3.40. The Kier molecular flexibility index (Phi) is 4.63. The van der Waals surface area contributed by atoms with Gasteiger partial charge in [-0.25, -0.2) is 0 Å². The number of benzene rings is 3. The average molecular weight is 353 g/mol. The van der Waals surface area contributed by atoms with Crippen LogP contribution in [0.1, 0.15) is 15.9 Å². The van der Waals surface area contributed by atoms with Gasteiger partial charge in [-0.1, -0.05) is 78.0 Å². The third kappa shape index (κ3) is 3.92. The van der Waals surface area contributed by atoms with Crippen LogP contribution in [0.25, 0.3) is 10.8 Å². The van der Waals surface area contributed by atoms with Gasteiger partial charge in [0.2, 0.25) is 5.78 Å². The highest BCUT2D eigenvalue weighted by Crippen LogP contribution is 2.21. The van der Waals surface area contributed by atoms with E-state index in [0.29, 0.717) is 11.1 Å². The summed E-state index contributed by atoms with van der Waals surface area (Å²) in [6.07, 6.45) is 0.876. The normalized spacial score (nSPS) is 12.1. The van der Waals surface area contributed by atoms with Crippen LogP contribution in [0.15, 0.2) is 78.0 Å². The molecule has 0 unspecified atom stereocenters. The van der Waals surface area contributed by atoms with Crippen molar-refractivity contribution in [3.8, 4) is 0 Å². The lowest BCUT2D eigenvalue weighted by Crippen LogP contribution is -2.17. The first kappa shape index (κ1) is 16.9. The number of rotatable bonds is 5. The molecule has 0 N–H and O–H groups in total. The Balaban J connectivity index is 2.14. The summed E-state index contributed by atoms with van der Waals surface area (Å²) in [5.74, 6) is -0.411. The maximum absolute atomic E-state index is 13.1. The summed E-state index contributed by atoms with van der Waals surface area (Å²) in [7, 11) is -3.83. The van der Waals surface area contributed by atoms with Gasteiger partial charge in [0, 0.05) is 11.1 Å². The standard InChI is InChI=1S/C19H15NO4S/c1-25(22,23)24-20-18(15-9-3-2-4-10-15)19(21)17-13-7-11-14-8-5-6-12-16(14)17/h2-13H,1H3/b20-18+. The largest absolute Gasteiger partial charge is 0.325 e. The zero-order valence-electron chi connectivity index (χ0n) is 13.4. The Bertz CT molecular complexity index is 1050. The van der Waals surface area contributed by atoms with Gasteiger partial charge in [0.15, 0.2) is 5.71 Å². The number of oxime groups is 1. The molecule has 3 rings (SSSR count). The molecule has 6 heteroatoms. The Morgan fingerprint density at radius 3 is 2.24 bits per heavy atom. The lowest BCUT2D eigenvalue weighted by molar-refractivity contribution is 0.106. The Morgan fingerprint density at radius 2 is 1.52 bits per heavy atom. The third-order valence-corrected chi connectivity index (χ3v) is 3.91. The van der Waals surface area contributed by atoms with Crippen molar-refractivity contribution < 1.29 is 17.5 Å². The molecule has 0 aromatic heterocycles. The topological polar surface area (TPSA) is 72.8 Å². The van der Waals surface area contributed by atoms with Gasteiger partial charge >= 0.3 is 10.1 Å². The Hall–Kier alpha value is -2.99. The van der Waals surface area contributed by atoms with E-state index < -0.39 is 15.9 Å². The summed E-state index contributed by atoms with van der Waals surface area (Å²) in [5.41, 5.74) is 0.837. The van der Waals surface area contributed by atoms with Crippen LogP contribution in [0, 0.1) is 0 Å². The molecule has 0 saturated carbocycles. The van der Waals surface area contributed by atoms with Crippen molar-refractivity contribution in [2.75, 3.05) is 6.26 Å². The highest BCUT2D eigenvalue weighted by molar-refractivity contribution is 7.85. The highest BCUT2D eigenvalue weighted by Gasteiger charge is 2.20. The fourth-order valence-electron chi connectivity index (χ4n) is 2.48. The molecule has 0 saturated heterocycles. The van der Waals surface area contributed by atoms with Crippen LogP contribution in [0.3, 0.4) is 0 Å². The van der Waals surface area contributed by atoms with Gasteiger partial charge in [-0.15, -0.1) is 0 Å². The molecular weight excluding hydrogens is 338 g/mol. The fourth-order valence-corrected chi connectivity index (χ4v) is 2.69. The summed E-state index contributed by atoms with van der Waals surface area (Å²) in [4.78, 5) is 13.1. The van der Waals surface area contributed by atoms with E-state index in [0.717, 1.165) is 17.0 Å². The maximum Gasteiger partial charge on any atom is 0.325 e. The lowest BCUT2D eigenvalue weighted by atomic mass is 9.96. The number of ketones is 1. The number of hydrogen-bond donors (Lipinski definition) is 0. The van der Waals surface area contributed by atoms with Gasteiger partial charge in [0.1, 0.15) is 0 Å². The van der Waals surface area contributed by atoms with Crippen molar-refractivity contribution in [3.63, 3.8) is 0 Å². The molecule has 0 amide bonds. The van der Waals surface area contributed by atoms with E-state index in [1.165, 1.54) is 0 Å². The molecule has 0 aliphatic heterocycles. The van der Waals surface area contributed by atoms with Crippen molar-refractivity contribution in [1.29, 1.82) is 0 Å². The number of fused-ring (bicyclic) bond motifs is 1. The number of hydrogen-bond acceptors (Lipinski definition) is 5. The molecular formula is C19H15NO4S. The van der Waals surface area contributed by atoms with Gasteiger partial charge in [-0.2, -0.15) is 8.42 Å². The molecule has 126 valence electrons. The minimum atomic E-state index is -3.83. The molecule has 0 aliphatic carbocycles. The summed E-state index contributed by atoms with van der Waals surface area (Å²) in [6, 6.07) is 21.4. The zero-order chi connectivity index (χ0) is 17.9. The average Bonchev–Trinajstić information content (AvgIpc) is 2.61. The Morgan fingerprint density at radius 1 is 0.880 bits per heavy atom. The van der Waals surface area contributed by atoms with Crippen molar-refractivity contribution in [2.24, 2.45) is 5.16 Å². The number of carbonyl (C=O) groups is 1. The SMILES string of the molecule is CS(=O)(=O)O/N=C(/C(=O)c1cccc2ccccc12)c1ccccc1. The molecule has 5 nitrogen and oxygen atoms in total. The van der Waals surface area contributed by atoms with E-state index in [1.54, 1.807) is 42.5 Å². The minimum absolute atomic E-state index is 0.0672. The van der Waals surface area contributed by atoms with Crippen LogP contribution < -0.4 is 0 Å². The third-order valence-electron chi connectivity index (χ3n) is 3.56. The second kappa shape index (κ2) is 6.86. The first-order chi connectivity index (χ1) is 12.0.